The fourth-order valence-electron chi connectivity index (χ4n) is 5.60. The number of quaternary nitrogens is 1. The summed E-state index contributed by atoms with van der Waals surface area (Å²) in [6.45, 7) is 4.63. The van der Waals surface area contributed by atoms with Crippen LogP contribution in [0.4, 0.5) is 14.9 Å². The van der Waals surface area contributed by atoms with Gasteiger partial charge >= 0.3 is 6.09 Å². The van der Waals surface area contributed by atoms with E-state index in [1.165, 1.54) is 29.6 Å². The van der Waals surface area contributed by atoms with Gasteiger partial charge < -0.3 is 9.22 Å². The molecule has 34 heavy (non-hydrogen) atoms. The molecule has 0 radical (unpaired) electrons. The van der Waals surface area contributed by atoms with Crippen molar-refractivity contribution in [3.63, 3.8) is 0 Å². The van der Waals surface area contributed by atoms with Crippen LogP contribution < -0.4 is 4.90 Å². The van der Waals surface area contributed by atoms with Crippen LogP contribution in [0.15, 0.2) is 72.1 Å². The molecule has 3 aromatic rings. The van der Waals surface area contributed by atoms with E-state index >= 15 is 0 Å². The first-order chi connectivity index (χ1) is 16.6. The largest absolute Gasteiger partial charge is 0.440 e. The number of ether oxygens (including phenoxy) is 1. The molecule has 4 nitrogen and oxygen atoms in total. The molecule has 6 heteroatoms. The van der Waals surface area contributed by atoms with Crippen LogP contribution in [0.5, 0.6) is 0 Å². The Morgan fingerprint density at radius 1 is 1.03 bits per heavy atom. The van der Waals surface area contributed by atoms with E-state index < -0.39 is 11.9 Å². The number of carbonyl (C=O) groups excluding carboxylic acids is 1. The van der Waals surface area contributed by atoms with Gasteiger partial charge in [-0.1, -0.05) is 48.5 Å². The molecule has 1 aromatic heterocycles. The van der Waals surface area contributed by atoms with Gasteiger partial charge in [0.05, 0.1) is 31.9 Å². The maximum absolute atomic E-state index is 14.6. The highest BCUT2D eigenvalue weighted by atomic mass is 32.1. The fraction of sp³-hybridized carbons (Fsp3) is 0.393. The van der Waals surface area contributed by atoms with E-state index in [4.69, 9.17) is 4.74 Å². The van der Waals surface area contributed by atoms with Gasteiger partial charge in [-0.3, -0.25) is 4.90 Å². The van der Waals surface area contributed by atoms with Crippen molar-refractivity contribution in [2.75, 3.05) is 31.1 Å². The Kier molecular flexibility index (Phi) is 6.97. The summed E-state index contributed by atoms with van der Waals surface area (Å²) in [7, 11) is 0. The van der Waals surface area contributed by atoms with Gasteiger partial charge in [0.2, 0.25) is 0 Å². The van der Waals surface area contributed by atoms with Crippen LogP contribution in [0.1, 0.15) is 29.7 Å². The Balaban J connectivity index is 1.26. The van der Waals surface area contributed by atoms with E-state index in [0.29, 0.717) is 12.5 Å². The molecule has 3 aliphatic heterocycles. The number of para-hydroxylation sites is 1. The zero-order chi connectivity index (χ0) is 23.4. The van der Waals surface area contributed by atoms with Crippen molar-refractivity contribution in [3.8, 4) is 0 Å². The molecule has 0 unspecified atom stereocenters. The number of anilines is 1. The molecule has 2 aromatic carbocycles. The number of carbonyl (C=O) groups is 1. The summed E-state index contributed by atoms with van der Waals surface area (Å²) in [5, 5.41) is 1.97. The maximum Gasteiger partial charge on any atom is 0.415 e. The van der Waals surface area contributed by atoms with Gasteiger partial charge in [0.25, 0.3) is 0 Å². The lowest BCUT2D eigenvalue weighted by molar-refractivity contribution is -0.946. The minimum absolute atomic E-state index is 0.107. The molecule has 3 fully saturated rings. The highest BCUT2D eigenvalue weighted by molar-refractivity contribution is 7.09. The standard InChI is InChI=1S/C28H32FN2O2S/c29-25-12-4-5-13-26(25)30(20-24-11-7-19-34-24)28(32)33-27-21-31(17-14-23(27)15-18-31)16-6-10-22-8-2-1-3-9-22/h1-5,7-9,11-13,19,23,27H,6,10,14-18,20-21H2/q+1/t23?,27-,31?/m0/s1. The number of hydrogen-bond donors (Lipinski definition) is 0. The first-order valence-corrected chi connectivity index (χ1v) is 13.1. The summed E-state index contributed by atoms with van der Waals surface area (Å²) in [5.41, 5.74) is 1.65. The number of fused-ring (bicyclic) bond motifs is 3. The topological polar surface area (TPSA) is 29.5 Å². The van der Waals surface area contributed by atoms with E-state index in [1.54, 1.807) is 29.5 Å². The quantitative estimate of drug-likeness (QED) is 0.356. The minimum atomic E-state index is -0.445. The van der Waals surface area contributed by atoms with Crippen molar-refractivity contribution in [2.24, 2.45) is 5.92 Å². The molecule has 1 amide bonds. The molecule has 0 spiro atoms. The SMILES string of the molecule is O=C(O[C@H]1C[N+]2(CCCc3ccccc3)CCC1CC2)N(Cc1cccs1)c1ccccc1F. The second-order valence-corrected chi connectivity index (χ2v) is 10.7. The van der Waals surface area contributed by atoms with Crippen LogP contribution in [0, 0.1) is 11.7 Å². The van der Waals surface area contributed by atoms with Gasteiger partial charge in [-0.15, -0.1) is 11.3 Å². The van der Waals surface area contributed by atoms with Crippen molar-refractivity contribution < 1.29 is 18.4 Å². The molecular weight excluding hydrogens is 447 g/mol. The Labute approximate surface area is 205 Å². The second kappa shape index (κ2) is 10.3. The summed E-state index contributed by atoms with van der Waals surface area (Å²) < 4.78 is 21.8. The predicted molar refractivity (Wildman–Crippen MR) is 134 cm³/mol. The molecular formula is C28H32FN2O2S+. The van der Waals surface area contributed by atoms with Gasteiger partial charge in [0.1, 0.15) is 12.4 Å². The van der Waals surface area contributed by atoms with Gasteiger partial charge in [0.15, 0.2) is 6.10 Å². The second-order valence-electron chi connectivity index (χ2n) is 9.66. The number of nitrogens with zero attached hydrogens (tertiary/aromatic N) is 2. The third-order valence-corrected chi connectivity index (χ3v) is 8.35. The van der Waals surface area contributed by atoms with Crippen LogP contribution in [0.3, 0.4) is 0 Å². The monoisotopic (exact) mass is 479 g/mol. The van der Waals surface area contributed by atoms with Crippen LogP contribution in [0.2, 0.25) is 0 Å². The number of benzene rings is 2. The molecule has 0 aliphatic carbocycles. The van der Waals surface area contributed by atoms with Gasteiger partial charge in [-0.25, -0.2) is 9.18 Å². The third kappa shape index (κ3) is 5.18. The highest BCUT2D eigenvalue weighted by Gasteiger charge is 2.47. The number of aryl methyl sites for hydroxylation is 1. The summed E-state index contributed by atoms with van der Waals surface area (Å²) in [4.78, 5) is 15.9. The lowest BCUT2D eigenvalue weighted by Crippen LogP contribution is -2.65. The Bertz CT molecular complexity index is 1080. The van der Waals surface area contributed by atoms with Crippen LogP contribution >= 0.6 is 11.3 Å². The third-order valence-electron chi connectivity index (χ3n) is 7.49. The number of amides is 1. The molecule has 6 rings (SSSR count). The van der Waals surface area contributed by atoms with E-state index in [2.05, 4.69) is 30.3 Å². The van der Waals surface area contributed by atoms with Gasteiger partial charge in [0, 0.05) is 30.1 Å². The van der Waals surface area contributed by atoms with Crippen molar-refractivity contribution in [2.45, 2.75) is 38.3 Å². The zero-order valence-corrected chi connectivity index (χ0v) is 20.3. The summed E-state index contributed by atoms with van der Waals surface area (Å²) >= 11 is 1.56. The zero-order valence-electron chi connectivity index (χ0n) is 19.4. The molecule has 1 atom stereocenters. The molecule has 4 heterocycles. The van der Waals surface area contributed by atoms with Gasteiger partial charge in [-0.2, -0.15) is 0 Å². The van der Waals surface area contributed by atoms with Crippen molar-refractivity contribution in [3.05, 3.63) is 88.4 Å². The molecule has 3 aliphatic rings. The average molecular weight is 480 g/mol. The highest BCUT2D eigenvalue weighted by Crippen LogP contribution is 2.36. The van der Waals surface area contributed by atoms with E-state index in [1.807, 2.05) is 17.5 Å². The molecule has 3 saturated heterocycles. The van der Waals surface area contributed by atoms with Crippen LogP contribution in [-0.4, -0.2) is 42.9 Å². The van der Waals surface area contributed by atoms with Crippen molar-refractivity contribution >= 4 is 23.1 Å². The minimum Gasteiger partial charge on any atom is -0.440 e. The lowest BCUT2D eigenvalue weighted by Gasteiger charge is -2.52. The summed E-state index contributed by atoms with van der Waals surface area (Å²) in [6.07, 6.45) is 3.84. The normalized spacial score (nSPS) is 23.6. The smallest absolute Gasteiger partial charge is 0.415 e. The first-order valence-electron chi connectivity index (χ1n) is 12.3. The van der Waals surface area contributed by atoms with E-state index in [-0.39, 0.29) is 11.8 Å². The molecule has 0 saturated carbocycles. The van der Waals surface area contributed by atoms with Gasteiger partial charge in [-0.05, 0) is 35.6 Å². The summed E-state index contributed by atoms with van der Waals surface area (Å²) in [6, 6.07) is 21.0. The average Bonchev–Trinajstić information content (AvgIpc) is 3.38. The summed E-state index contributed by atoms with van der Waals surface area (Å²) in [5.74, 6) is -0.00313. The van der Waals surface area contributed by atoms with E-state index in [0.717, 1.165) is 48.1 Å². The first kappa shape index (κ1) is 23.1. The molecule has 2 bridgehead atoms. The van der Waals surface area contributed by atoms with Crippen LogP contribution in [0.25, 0.3) is 0 Å². The fourth-order valence-corrected chi connectivity index (χ4v) is 6.30. The van der Waals surface area contributed by atoms with Crippen LogP contribution in [-0.2, 0) is 17.7 Å². The predicted octanol–water partition coefficient (Wildman–Crippen LogP) is 6.27. The maximum atomic E-state index is 14.6. The number of thiophene rings is 1. The number of halogens is 1. The Morgan fingerprint density at radius 2 is 1.79 bits per heavy atom. The Hall–Kier alpha value is -2.70. The lowest BCUT2D eigenvalue weighted by atomic mass is 9.83. The van der Waals surface area contributed by atoms with Crippen molar-refractivity contribution in [1.82, 2.24) is 0 Å². The van der Waals surface area contributed by atoms with Crippen molar-refractivity contribution in [1.29, 1.82) is 0 Å². The Morgan fingerprint density at radius 3 is 2.53 bits per heavy atom. The molecule has 0 N–H and O–H groups in total. The number of piperidine rings is 3. The molecule has 178 valence electrons. The number of rotatable bonds is 8. The number of hydrogen-bond acceptors (Lipinski definition) is 3. The van der Waals surface area contributed by atoms with E-state index in [9.17, 15) is 9.18 Å².